The lowest BCUT2D eigenvalue weighted by atomic mass is 10.2. The number of sulfonamides is 1. The molecule has 0 spiro atoms. The molecule has 1 N–H and O–H groups in total. The molecule has 0 unspecified atom stereocenters. The van der Waals surface area contributed by atoms with Crippen molar-refractivity contribution < 1.29 is 13.2 Å². The first-order valence-electron chi connectivity index (χ1n) is 6.27. The molecule has 6 heteroatoms. The van der Waals surface area contributed by atoms with E-state index in [1.807, 2.05) is 19.9 Å². The molecule has 112 valence electrons. The van der Waals surface area contributed by atoms with Crippen LogP contribution in [0, 0.1) is 13.8 Å². The normalized spacial score (nSPS) is 11.2. The molecule has 0 aromatic heterocycles. The van der Waals surface area contributed by atoms with Gasteiger partial charge in [0.2, 0.25) is 0 Å². The fourth-order valence-electron chi connectivity index (χ4n) is 1.83. The van der Waals surface area contributed by atoms with E-state index in [9.17, 15) is 8.42 Å². The minimum Gasteiger partial charge on any atom is -0.495 e. The zero-order valence-corrected chi connectivity index (χ0v) is 13.5. The summed E-state index contributed by atoms with van der Waals surface area (Å²) in [6.07, 6.45) is 0. The molecule has 4 nitrogen and oxygen atoms in total. The number of methoxy groups -OCH3 is 1. The van der Waals surface area contributed by atoms with Crippen molar-refractivity contribution in [2.24, 2.45) is 0 Å². The summed E-state index contributed by atoms with van der Waals surface area (Å²) in [7, 11) is -2.22. The van der Waals surface area contributed by atoms with Crippen molar-refractivity contribution in [2.75, 3.05) is 11.8 Å². The standard InChI is InChI=1S/C15H16ClNO3S/c1-10-4-7-14(15(8-10)20-3)17-21(18,19)12-6-5-11(2)13(16)9-12/h4-9,17H,1-3H3. The summed E-state index contributed by atoms with van der Waals surface area (Å²) in [5.41, 5.74) is 2.19. The van der Waals surface area contributed by atoms with Gasteiger partial charge in [-0.3, -0.25) is 4.72 Å². The Bertz CT molecular complexity index is 772. The summed E-state index contributed by atoms with van der Waals surface area (Å²) in [4.78, 5) is 0.112. The van der Waals surface area contributed by atoms with Crippen molar-refractivity contribution in [2.45, 2.75) is 18.7 Å². The molecule has 0 radical (unpaired) electrons. The molecule has 0 amide bonds. The topological polar surface area (TPSA) is 55.4 Å². The summed E-state index contributed by atoms with van der Waals surface area (Å²) in [6, 6.07) is 9.86. The maximum atomic E-state index is 12.4. The Morgan fingerprint density at radius 3 is 2.43 bits per heavy atom. The third-order valence-corrected chi connectivity index (χ3v) is 4.83. The Morgan fingerprint density at radius 2 is 1.81 bits per heavy atom. The van der Waals surface area contributed by atoms with Gasteiger partial charge in [0.25, 0.3) is 10.0 Å². The first-order valence-corrected chi connectivity index (χ1v) is 8.13. The van der Waals surface area contributed by atoms with E-state index in [-0.39, 0.29) is 4.90 Å². The molecule has 0 aliphatic rings. The number of nitrogens with one attached hydrogen (secondary N) is 1. The van der Waals surface area contributed by atoms with E-state index in [2.05, 4.69) is 4.72 Å². The molecule has 0 aliphatic heterocycles. The van der Waals surface area contributed by atoms with Crippen LogP contribution in [0.1, 0.15) is 11.1 Å². The van der Waals surface area contributed by atoms with Gasteiger partial charge in [0, 0.05) is 5.02 Å². The third kappa shape index (κ3) is 3.49. The van der Waals surface area contributed by atoms with Gasteiger partial charge in [-0.2, -0.15) is 0 Å². The van der Waals surface area contributed by atoms with E-state index < -0.39 is 10.0 Å². The number of anilines is 1. The highest BCUT2D eigenvalue weighted by atomic mass is 35.5. The van der Waals surface area contributed by atoms with Crippen molar-refractivity contribution >= 4 is 27.3 Å². The lowest BCUT2D eigenvalue weighted by molar-refractivity contribution is 0.416. The van der Waals surface area contributed by atoms with Gasteiger partial charge in [0.1, 0.15) is 5.75 Å². The number of aryl methyl sites for hydroxylation is 2. The number of hydrogen-bond donors (Lipinski definition) is 1. The van der Waals surface area contributed by atoms with E-state index in [0.717, 1.165) is 11.1 Å². The van der Waals surface area contributed by atoms with E-state index in [4.69, 9.17) is 16.3 Å². The van der Waals surface area contributed by atoms with Gasteiger partial charge in [-0.1, -0.05) is 23.7 Å². The summed E-state index contributed by atoms with van der Waals surface area (Å²) < 4.78 is 32.5. The minimum absolute atomic E-state index is 0.112. The van der Waals surface area contributed by atoms with Crippen molar-refractivity contribution in [1.82, 2.24) is 0 Å². The number of hydrogen-bond acceptors (Lipinski definition) is 3. The second-order valence-electron chi connectivity index (χ2n) is 4.72. The van der Waals surface area contributed by atoms with Crippen molar-refractivity contribution in [3.05, 3.63) is 52.5 Å². The Morgan fingerprint density at radius 1 is 1.10 bits per heavy atom. The van der Waals surface area contributed by atoms with Crippen molar-refractivity contribution in [1.29, 1.82) is 0 Å². The monoisotopic (exact) mass is 325 g/mol. The molecule has 0 heterocycles. The lowest BCUT2D eigenvalue weighted by Crippen LogP contribution is -2.13. The lowest BCUT2D eigenvalue weighted by Gasteiger charge is -2.13. The molecule has 0 fully saturated rings. The molecule has 0 saturated heterocycles. The fraction of sp³-hybridized carbons (Fsp3) is 0.200. The predicted octanol–water partition coefficient (Wildman–Crippen LogP) is 3.77. The van der Waals surface area contributed by atoms with Gasteiger partial charge in [-0.25, -0.2) is 8.42 Å². The van der Waals surface area contributed by atoms with E-state index in [1.165, 1.54) is 19.2 Å². The van der Waals surface area contributed by atoms with Crippen LogP contribution < -0.4 is 9.46 Å². The van der Waals surface area contributed by atoms with Crippen LogP contribution in [-0.4, -0.2) is 15.5 Å². The van der Waals surface area contributed by atoms with E-state index in [0.29, 0.717) is 16.5 Å². The Labute approximate surface area is 129 Å². The molecule has 0 bridgehead atoms. The molecule has 2 aromatic carbocycles. The first kappa shape index (κ1) is 15.7. The molecule has 2 rings (SSSR count). The van der Waals surface area contributed by atoms with Crippen LogP contribution in [-0.2, 0) is 10.0 Å². The number of halogens is 1. The highest BCUT2D eigenvalue weighted by Gasteiger charge is 2.17. The minimum atomic E-state index is -3.71. The molecule has 0 aliphatic carbocycles. The fourth-order valence-corrected chi connectivity index (χ4v) is 3.17. The first-order chi connectivity index (χ1) is 9.83. The molecule has 2 aromatic rings. The zero-order valence-electron chi connectivity index (χ0n) is 12.0. The SMILES string of the molecule is COc1cc(C)ccc1NS(=O)(=O)c1ccc(C)c(Cl)c1. The smallest absolute Gasteiger partial charge is 0.262 e. The van der Waals surface area contributed by atoms with Gasteiger partial charge in [-0.05, 0) is 49.2 Å². The predicted molar refractivity (Wildman–Crippen MR) is 84.7 cm³/mol. The van der Waals surface area contributed by atoms with Crippen LogP contribution in [0.3, 0.4) is 0 Å². The van der Waals surface area contributed by atoms with Gasteiger partial charge < -0.3 is 4.74 Å². The highest BCUT2D eigenvalue weighted by molar-refractivity contribution is 7.92. The van der Waals surface area contributed by atoms with Crippen LogP contribution in [0.15, 0.2) is 41.3 Å². The molecule has 0 saturated carbocycles. The molecular formula is C15H16ClNO3S. The van der Waals surface area contributed by atoms with Crippen molar-refractivity contribution in [3.8, 4) is 5.75 Å². The van der Waals surface area contributed by atoms with E-state index >= 15 is 0 Å². The Balaban J connectivity index is 2.39. The average molecular weight is 326 g/mol. The third-order valence-electron chi connectivity index (χ3n) is 3.05. The number of ether oxygens (including phenoxy) is 1. The Kier molecular flexibility index (Phi) is 4.44. The van der Waals surface area contributed by atoms with Crippen LogP contribution in [0.2, 0.25) is 5.02 Å². The van der Waals surface area contributed by atoms with Gasteiger partial charge in [-0.15, -0.1) is 0 Å². The van der Waals surface area contributed by atoms with E-state index in [1.54, 1.807) is 18.2 Å². The van der Waals surface area contributed by atoms with Crippen molar-refractivity contribution in [3.63, 3.8) is 0 Å². The van der Waals surface area contributed by atoms with Gasteiger partial charge in [0.05, 0.1) is 17.7 Å². The van der Waals surface area contributed by atoms with Crippen LogP contribution >= 0.6 is 11.6 Å². The van der Waals surface area contributed by atoms with Crippen LogP contribution in [0.5, 0.6) is 5.75 Å². The summed E-state index contributed by atoms with van der Waals surface area (Å²) in [6.45, 7) is 3.72. The maximum absolute atomic E-state index is 12.4. The van der Waals surface area contributed by atoms with Gasteiger partial charge >= 0.3 is 0 Å². The zero-order chi connectivity index (χ0) is 15.6. The largest absolute Gasteiger partial charge is 0.495 e. The van der Waals surface area contributed by atoms with Crippen LogP contribution in [0.4, 0.5) is 5.69 Å². The molecule has 21 heavy (non-hydrogen) atoms. The molecular weight excluding hydrogens is 310 g/mol. The summed E-state index contributed by atoms with van der Waals surface area (Å²) in [5, 5.41) is 0.411. The number of rotatable bonds is 4. The number of benzene rings is 2. The van der Waals surface area contributed by atoms with Gasteiger partial charge in [0.15, 0.2) is 0 Å². The second kappa shape index (κ2) is 5.95. The average Bonchev–Trinajstić information content (AvgIpc) is 2.43. The summed E-state index contributed by atoms with van der Waals surface area (Å²) in [5.74, 6) is 0.469. The second-order valence-corrected chi connectivity index (χ2v) is 6.81. The summed E-state index contributed by atoms with van der Waals surface area (Å²) >= 11 is 5.99. The van der Waals surface area contributed by atoms with Crippen LogP contribution in [0.25, 0.3) is 0 Å². The quantitative estimate of drug-likeness (QED) is 0.931. The Hall–Kier alpha value is -1.72. The molecule has 0 atom stereocenters. The maximum Gasteiger partial charge on any atom is 0.262 e. The highest BCUT2D eigenvalue weighted by Crippen LogP contribution is 2.28.